The summed E-state index contributed by atoms with van der Waals surface area (Å²) in [6, 6.07) is 3.54. The molecule has 0 heterocycles. The van der Waals surface area contributed by atoms with Crippen LogP contribution in [0.1, 0.15) is 11.1 Å². The van der Waals surface area contributed by atoms with Crippen molar-refractivity contribution in [1.29, 1.82) is 0 Å². The number of carbonyl (C=O) groups excluding carboxylic acids is 1. The first-order chi connectivity index (χ1) is 7.08. The molecule has 0 atom stereocenters. The smallest absolute Gasteiger partial charge is 0.309 e. The molecule has 5 heteroatoms. The van der Waals surface area contributed by atoms with Crippen LogP contribution in [0.4, 0.5) is 0 Å². The van der Waals surface area contributed by atoms with Gasteiger partial charge in [0, 0.05) is 10.4 Å². The number of carbonyl (C=O) groups is 1. The van der Waals surface area contributed by atoms with Crippen molar-refractivity contribution < 1.29 is 9.53 Å². The van der Waals surface area contributed by atoms with Gasteiger partial charge in [0.25, 0.3) is 0 Å². The van der Waals surface area contributed by atoms with E-state index in [1.807, 2.05) is 6.07 Å². The van der Waals surface area contributed by atoms with Gasteiger partial charge < -0.3 is 4.74 Å². The molecule has 1 aromatic carbocycles. The molecule has 0 amide bonds. The Labute approximate surface area is 107 Å². The quantitative estimate of drug-likeness (QED) is 0.630. The minimum absolute atomic E-state index is 0.186. The van der Waals surface area contributed by atoms with Gasteiger partial charge in [-0.15, -0.1) is 11.6 Å². The molecule has 0 radical (unpaired) electrons. The fourth-order valence-corrected chi connectivity index (χ4v) is 1.97. The van der Waals surface area contributed by atoms with Crippen LogP contribution in [0.3, 0.4) is 0 Å². The number of alkyl halides is 1. The molecule has 82 valence electrons. The molecule has 0 bridgehead atoms. The van der Waals surface area contributed by atoms with Gasteiger partial charge in [0.15, 0.2) is 0 Å². The first kappa shape index (κ1) is 12.8. The van der Waals surface area contributed by atoms with E-state index in [1.165, 1.54) is 7.11 Å². The molecule has 1 rings (SSSR count). The summed E-state index contributed by atoms with van der Waals surface area (Å²) >= 11 is 15.0. The molecule has 1 aromatic rings. The van der Waals surface area contributed by atoms with Gasteiger partial charge in [-0.05, 0) is 39.2 Å². The topological polar surface area (TPSA) is 26.3 Å². The molecule has 0 N–H and O–H groups in total. The zero-order valence-corrected chi connectivity index (χ0v) is 11.1. The van der Waals surface area contributed by atoms with Gasteiger partial charge in [-0.25, -0.2) is 0 Å². The Morgan fingerprint density at radius 2 is 2.13 bits per heavy atom. The molecule has 2 nitrogen and oxygen atoms in total. The predicted octanol–water partition coefficient (Wildman–Crippen LogP) is 3.56. The number of ether oxygens (including phenoxy) is 1. The van der Waals surface area contributed by atoms with Crippen LogP contribution in [0.5, 0.6) is 0 Å². The number of methoxy groups -OCH3 is 1. The van der Waals surface area contributed by atoms with Crippen LogP contribution in [0, 0.1) is 0 Å². The molecule has 0 saturated heterocycles. The Morgan fingerprint density at radius 1 is 1.47 bits per heavy atom. The fraction of sp³-hybridized carbons (Fsp3) is 0.300. The van der Waals surface area contributed by atoms with Gasteiger partial charge in [-0.3, -0.25) is 4.79 Å². The Hall–Kier alpha value is -0.250. The number of benzene rings is 1. The standard InChI is InChI=1S/C10H9BrCl2O2/c1-15-10(14)4-6-3-9(13)8(11)2-7(6)5-12/h2-3H,4-5H2,1H3. The van der Waals surface area contributed by atoms with Crippen LogP contribution in [0.15, 0.2) is 16.6 Å². The van der Waals surface area contributed by atoms with Gasteiger partial charge in [-0.2, -0.15) is 0 Å². The molecule has 15 heavy (non-hydrogen) atoms. The van der Waals surface area contributed by atoms with E-state index >= 15 is 0 Å². The largest absolute Gasteiger partial charge is 0.469 e. The Balaban J connectivity index is 3.05. The summed E-state index contributed by atoms with van der Waals surface area (Å²) in [5, 5.41) is 0.558. The average Bonchev–Trinajstić information content (AvgIpc) is 2.22. The van der Waals surface area contributed by atoms with Crippen molar-refractivity contribution in [3.8, 4) is 0 Å². The fourth-order valence-electron chi connectivity index (χ4n) is 1.15. The van der Waals surface area contributed by atoms with E-state index in [-0.39, 0.29) is 12.4 Å². The van der Waals surface area contributed by atoms with Gasteiger partial charge in [0.2, 0.25) is 0 Å². The molecule has 0 spiro atoms. The number of hydrogen-bond donors (Lipinski definition) is 0. The summed E-state index contributed by atoms with van der Waals surface area (Å²) in [6.45, 7) is 0. The van der Waals surface area contributed by atoms with Gasteiger partial charge in [-0.1, -0.05) is 11.6 Å². The number of hydrogen-bond acceptors (Lipinski definition) is 2. The number of esters is 1. The summed E-state index contributed by atoms with van der Waals surface area (Å²) in [7, 11) is 1.35. The molecular formula is C10H9BrCl2O2. The maximum atomic E-state index is 11.1. The van der Waals surface area contributed by atoms with Gasteiger partial charge >= 0.3 is 5.97 Å². The third-order valence-corrected chi connectivity index (χ3v) is 3.43. The van der Waals surface area contributed by atoms with Crippen LogP contribution in [-0.4, -0.2) is 13.1 Å². The van der Waals surface area contributed by atoms with Crippen LogP contribution in [-0.2, 0) is 21.8 Å². The lowest BCUT2D eigenvalue weighted by Gasteiger charge is -2.08. The third kappa shape index (κ3) is 3.37. The number of rotatable bonds is 3. The van der Waals surface area contributed by atoms with Crippen LogP contribution in [0.2, 0.25) is 5.02 Å². The third-order valence-electron chi connectivity index (χ3n) is 1.95. The minimum atomic E-state index is -0.306. The minimum Gasteiger partial charge on any atom is -0.469 e. The maximum absolute atomic E-state index is 11.1. The molecule has 0 aliphatic rings. The van der Waals surface area contributed by atoms with Crippen molar-refractivity contribution in [3.63, 3.8) is 0 Å². The molecule has 0 saturated carbocycles. The van der Waals surface area contributed by atoms with E-state index in [1.54, 1.807) is 6.07 Å². The highest BCUT2D eigenvalue weighted by Gasteiger charge is 2.10. The molecule has 0 aliphatic carbocycles. The average molecular weight is 312 g/mol. The lowest BCUT2D eigenvalue weighted by molar-refractivity contribution is -0.139. The van der Waals surface area contributed by atoms with Crippen molar-refractivity contribution in [1.82, 2.24) is 0 Å². The van der Waals surface area contributed by atoms with E-state index in [4.69, 9.17) is 23.2 Å². The summed E-state index contributed by atoms with van der Waals surface area (Å²) in [4.78, 5) is 11.1. The van der Waals surface area contributed by atoms with E-state index in [0.717, 1.165) is 15.6 Å². The second-order valence-electron chi connectivity index (χ2n) is 2.92. The molecular weight excluding hydrogens is 303 g/mol. The summed E-state index contributed by atoms with van der Waals surface area (Å²) in [5.41, 5.74) is 1.67. The predicted molar refractivity (Wildman–Crippen MR) is 64.4 cm³/mol. The normalized spacial score (nSPS) is 10.1. The highest BCUT2D eigenvalue weighted by molar-refractivity contribution is 9.10. The van der Waals surface area contributed by atoms with Crippen molar-refractivity contribution in [2.24, 2.45) is 0 Å². The SMILES string of the molecule is COC(=O)Cc1cc(Cl)c(Br)cc1CCl. The molecule has 0 aliphatic heterocycles. The first-order valence-corrected chi connectivity index (χ1v) is 5.88. The maximum Gasteiger partial charge on any atom is 0.309 e. The van der Waals surface area contributed by atoms with Crippen LogP contribution in [0.25, 0.3) is 0 Å². The van der Waals surface area contributed by atoms with Gasteiger partial charge in [0.05, 0.1) is 18.6 Å². The lowest BCUT2D eigenvalue weighted by atomic mass is 10.1. The van der Waals surface area contributed by atoms with E-state index in [0.29, 0.717) is 10.9 Å². The Kier molecular flexibility index (Phi) is 4.90. The van der Waals surface area contributed by atoms with E-state index in [9.17, 15) is 4.79 Å². The summed E-state index contributed by atoms with van der Waals surface area (Å²) in [5.74, 6) is 0.0296. The van der Waals surface area contributed by atoms with Crippen molar-refractivity contribution in [2.75, 3.05) is 7.11 Å². The lowest BCUT2D eigenvalue weighted by Crippen LogP contribution is -2.06. The molecule has 0 aromatic heterocycles. The highest BCUT2D eigenvalue weighted by atomic mass is 79.9. The summed E-state index contributed by atoms with van der Waals surface area (Å²) < 4.78 is 5.36. The Morgan fingerprint density at radius 3 is 2.67 bits per heavy atom. The summed E-state index contributed by atoms with van der Waals surface area (Å²) in [6.07, 6.45) is 0.186. The monoisotopic (exact) mass is 310 g/mol. The molecule has 0 unspecified atom stereocenters. The van der Waals surface area contributed by atoms with Crippen molar-refractivity contribution in [3.05, 3.63) is 32.8 Å². The second kappa shape index (κ2) is 5.73. The van der Waals surface area contributed by atoms with E-state index in [2.05, 4.69) is 20.7 Å². The zero-order valence-electron chi connectivity index (χ0n) is 8.02. The van der Waals surface area contributed by atoms with Crippen molar-refractivity contribution >= 4 is 45.1 Å². The first-order valence-electron chi connectivity index (χ1n) is 4.18. The van der Waals surface area contributed by atoms with Crippen LogP contribution >= 0.6 is 39.1 Å². The Bertz CT molecular complexity index is 380. The molecule has 0 fully saturated rings. The second-order valence-corrected chi connectivity index (χ2v) is 4.45. The highest BCUT2D eigenvalue weighted by Crippen LogP contribution is 2.27. The zero-order chi connectivity index (χ0) is 11.4. The van der Waals surface area contributed by atoms with Crippen LogP contribution < -0.4 is 0 Å². The van der Waals surface area contributed by atoms with E-state index < -0.39 is 0 Å². The van der Waals surface area contributed by atoms with Gasteiger partial charge in [0.1, 0.15) is 0 Å². The van der Waals surface area contributed by atoms with Crippen molar-refractivity contribution in [2.45, 2.75) is 12.3 Å². The number of halogens is 3.